The highest BCUT2D eigenvalue weighted by Gasteiger charge is 1.96. The summed E-state index contributed by atoms with van der Waals surface area (Å²) in [5.41, 5.74) is 0. The number of ether oxygens (including phenoxy) is 2. The lowest BCUT2D eigenvalue weighted by atomic mass is 10.3. The molecule has 1 aromatic rings. The number of hydrogen-bond acceptors (Lipinski definition) is 5. The van der Waals surface area contributed by atoms with E-state index in [0.29, 0.717) is 13.2 Å². The van der Waals surface area contributed by atoms with E-state index in [1.807, 2.05) is 0 Å². The predicted octanol–water partition coefficient (Wildman–Crippen LogP) is 2.28. The van der Waals surface area contributed by atoms with E-state index in [2.05, 4.69) is 9.47 Å². The van der Waals surface area contributed by atoms with Gasteiger partial charge in [0.2, 0.25) is 0 Å². The van der Waals surface area contributed by atoms with Crippen molar-refractivity contribution in [3.05, 3.63) is 24.3 Å². The molecule has 0 atom stereocenters. The minimum atomic E-state index is -0.588. The summed E-state index contributed by atoms with van der Waals surface area (Å²) in [6.07, 6.45) is -0.588. The van der Waals surface area contributed by atoms with Crippen molar-refractivity contribution in [1.82, 2.24) is 0 Å². The van der Waals surface area contributed by atoms with Gasteiger partial charge in [-0.3, -0.25) is 0 Å². The summed E-state index contributed by atoms with van der Waals surface area (Å²) in [5, 5.41) is 17.3. The van der Waals surface area contributed by atoms with Crippen LogP contribution in [0.2, 0.25) is 0 Å². The van der Waals surface area contributed by atoms with Crippen molar-refractivity contribution in [2.24, 2.45) is 0 Å². The first-order chi connectivity index (χ1) is 7.60. The second-order valence-corrected chi connectivity index (χ2v) is 2.63. The third-order valence-corrected chi connectivity index (χ3v) is 1.37. The molecule has 0 saturated heterocycles. The summed E-state index contributed by atoms with van der Waals surface area (Å²) in [5.74, 6) is 0.339. The molecule has 5 nitrogen and oxygen atoms in total. The Morgan fingerprint density at radius 1 is 1.00 bits per heavy atom. The van der Waals surface area contributed by atoms with Crippen molar-refractivity contribution in [3.63, 3.8) is 0 Å². The summed E-state index contributed by atoms with van der Waals surface area (Å²) in [6, 6.07) is 5.70. The minimum Gasteiger partial charge on any atom is -0.508 e. The molecule has 0 saturated carbocycles. The highest BCUT2D eigenvalue weighted by Crippen LogP contribution is 2.13. The predicted molar refractivity (Wildman–Crippen MR) is 58.4 cm³/mol. The van der Waals surface area contributed by atoms with Crippen LogP contribution < -0.4 is 0 Å². The molecule has 2 N–H and O–H groups in total. The van der Waals surface area contributed by atoms with E-state index in [9.17, 15) is 4.79 Å². The zero-order valence-corrected chi connectivity index (χ0v) is 9.34. The lowest BCUT2D eigenvalue weighted by Gasteiger charge is -1.98. The fraction of sp³-hybridized carbons (Fsp3) is 0.364. The molecule has 0 aliphatic heterocycles. The number of aromatic hydroxyl groups is 2. The Labute approximate surface area is 94.2 Å². The molecule has 1 rings (SSSR count). The van der Waals surface area contributed by atoms with Crippen molar-refractivity contribution in [2.75, 3.05) is 13.2 Å². The number of phenolic OH excluding ortho intramolecular Hbond substituents is 2. The van der Waals surface area contributed by atoms with E-state index in [-0.39, 0.29) is 11.5 Å². The van der Waals surface area contributed by atoms with Gasteiger partial charge >= 0.3 is 6.16 Å². The lowest BCUT2D eigenvalue weighted by molar-refractivity contribution is 0.0630. The highest BCUT2D eigenvalue weighted by molar-refractivity contribution is 5.59. The van der Waals surface area contributed by atoms with Crippen LogP contribution in [0.15, 0.2) is 24.3 Å². The first kappa shape index (κ1) is 14.1. The molecule has 0 amide bonds. The maximum atomic E-state index is 10.2. The number of phenols is 2. The van der Waals surface area contributed by atoms with Gasteiger partial charge in [-0.05, 0) is 38.1 Å². The normalized spacial score (nSPS) is 8.62. The van der Waals surface area contributed by atoms with Gasteiger partial charge in [-0.15, -0.1) is 0 Å². The first-order valence-electron chi connectivity index (χ1n) is 4.87. The van der Waals surface area contributed by atoms with E-state index in [1.54, 1.807) is 13.8 Å². The van der Waals surface area contributed by atoms with Crippen LogP contribution in [-0.2, 0) is 9.47 Å². The zero-order valence-electron chi connectivity index (χ0n) is 9.34. The molecule has 90 valence electrons. The van der Waals surface area contributed by atoms with Crippen LogP contribution in [0.4, 0.5) is 4.79 Å². The Morgan fingerprint density at radius 2 is 1.31 bits per heavy atom. The second kappa shape index (κ2) is 8.40. The van der Waals surface area contributed by atoms with Gasteiger partial charge in [-0.1, -0.05) is 0 Å². The summed E-state index contributed by atoms with van der Waals surface area (Å²) >= 11 is 0. The molecule has 0 aliphatic rings. The van der Waals surface area contributed by atoms with Crippen molar-refractivity contribution in [3.8, 4) is 11.5 Å². The molecule has 0 unspecified atom stereocenters. The minimum absolute atomic E-state index is 0.169. The van der Waals surface area contributed by atoms with Crippen LogP contribution in [0.1, 0.15) is 13.8 Å². The van der Waals surface area contributed by atoms with Gasteiger partial charge in [-0.2, -0.15) is 0 Å². The van der Waals surface area contributed by atoms with E-state index in [1.165, 1.54) is 24.3 Å². The maximum absolute atomic E-state index is 10.2. The Balaban J connectivity index is 0.000000281. The van der Waals surface area contributed by atoms with Crippen molar-refractivity contribution >= 4 is 6.16 Å². The molecule has 0 radical (unpaired) electrons. The lowest BCUT2D eigenvalue weighted by Crippen LogP contribution is -2.05. The van der Waals surface area contributed by atoms with Gasteiger partial charge in [0.15, 0.2) is 0 Å². The summed E-state index contributed by atoms with van der Waals surface area (Å²) in [7, 11) is 0. The monoisotopic (exact) mass is 228 g/mol. The topological polar surface area (TPSA) is 76.0 Å². The van der Waals surface area contributed by atoms with Gasteiger partial charge in [-0.25, -0.2) is 4.79 Å². The molecule has 16 heavy (non-hydrogen) atoms. The first-order valence-corrected chi connectivity index (χ1v) is 4.87. The molecule has 0 bridgehead atoms. The summed E-state index contributed by atoms with van der Waals surface area (Å²) in [4.78, 5) is 10.2. The third-order valence-electron chi connectivity index (χ3n) is 1.37. The largest absolute Gasteiger partial charge is 0.508 e. The number of rotatable bonds is 2. The Hall–Kier alpha value is -1.91. The Bertz CT molecular complexity index is 265. The fourth-order valence-electron chi connectivity index (χ4n) is 0.730. The molecule has 5 heteroatoms. The summed E-state index contributed by atoms with van der Waals surface area (Å²) in [6.45, 7) is 4.21. The zero-order chi connectivity index (χ0) is 12.4. The van der Waals surface area contributed by atoms with E-state index in [0.717, 1.165) is 0 Å². The van der Waals surface area contributed by atoms with Gasteiger partial charge in [0, 0.05) is 0 Å². The standard InChI is InChI=1S/C6H6O2.C5H10O3/c7-5-1-2-6(8)4-3-5;1-3-7-5(6)8-4-2/h1-4,7-8H;3-4H2,1-2H3. The van der Waals surface area contributed by atoms with Crippen LogP contribution in [0, 0.1) is 0 Å². The van der Waals surface area contributed by atoms with Crippen LogP contribution in [0.25, 0.3) is 0 Å². The Kier molecular flexibility index (Phi) is 7.40. The second-order valence-electron chi connectivity index (χ2n) is 2.63. The molecule has 0 aromatic heterocycles. The van der Waals surface area contributed by atoms with Crippen molar-refractivity contribution < 1.29 is 24.5 Å². The molecular formula is C11H16O5. The number of carbonyl (C=O) groups excluding carboxylic acids is 1. The van der Waals surface area contributed by atoms with E-state index in [4.69, 9.17) is 10.2 Å². The SMILES string of the molecule is CCOC(=O)OCC.Oc1ccc(O)cc1. The summed E-state index contributed by atoms with van der Waals surface area (Å²) < 4.78 is 8.84. The number of hydrogen-bond donors (Lipinski definition) is 2. The van der Waals surface area contributed by atoms with Crippen molar-refractivity contribution in [2.45, 2.75) is 13.8 Å². The third kappa shape index (κ3) is 7.49. The van der Waals surface area contributed by atoms with E-state index >= 15 is 0 Å². The average Bonchev–Trinajstić information content (AvgIpc) is 2.24. The van der Waals surface area contributed by atoms with Gasteiger partial charge in [0.05, 0.1) is 13.2 Å². The van der Waals surface area contributed by atoms with Crippen LogP contribution in [0.3, 0.4) is 0 Å². The maximum Gasteiger partial charge on any atom is 0.508 e. The van der Waals surface area contributed by atoms with Crippen molar-refractivity contribution in [1.29, 1.82) is 0 Å². The Morgan fingerprint density at radius 3 is 1.56 bits per heavy atom. The molecular weight excluding hydrogens is 212 g/mol. The van der Waals surface area contributed by atoms with E-state index < -0.39 is 6.16 Å². The quantitative estimate of drug-likeness (QED) is 0.600. The molecule has 0 heterocycles. The fourth-order valence-corrected chi connectivity index (χ4v) is 0.730. The molecule has 0 aliphatic carbocycles. The highest BCUT2D eigenvalue weighted by atomic mass is 16.7. The van der Waals surface area contributed by atoms with Gasteiger partial charge in [0.25, 0.3) is 0 Å². The average molecular weight is 228 g/mol. The smallest absolute Gasteiger partial charge is 0.508 e. The number of benzene rings is 1. The molecule has 1 aromatic carbocycles. The van der Waals surface area contributed by atoms with Crippen LogP contribution in [-0.4, -0.2) is 29.6 Å². The molecule has 0 spiro atoms. The van der Waals surface area contributed by atoms with Crippen LogP contribution in [0.5, 0.6) is 11.5 Å². The molecule has 0 fully saturated rings. The number of carbonyl (C=O) groups is 1. The van der Waals surface area contributed by atoms with Crippen LogP contribution >= 0.6 is 0 Å². The van der Waals surface area contributed by atoms with Gasteiger partial charge < -0.3 is 19.7 Å². The van der Waals surface area contributed by atoms with Gasteiger partial charge in [0.1, 0.15) is 11.5 Å².